The van der Waals surface area contributed by atoms with Crippen LogP contribution in [0.5, 0.6) is 0 Å². The lowest BCUT2D eigenvalue weighted by atomic mass is 10.1. The van der Waals surface area contributed by atoms with Crippen LogP contribution in [0, 0.1) is 6.92 Å². The molecule has 0 fully saturated rings. The summed E-state index contributed by atoms with van der Waals surface area (Å²) < 4.78 is 5.76. The number of hydrogen-bond acceptors (Lipinski definition) is 2. The maximum atomic E-state index is 5.90. The zero-order valence-electron chi connectivity index (χ0n) is 9.99. The number of rotatable bonds is 4. The van der Waals surface area contributed by atoms with Gasteiger partial charge in [-0.3, -0.25) is 0 Å². The molecule has 1 unspecified atom stereocenters. The topological polar surface area (TPSA) is 39.2 Å². The van der Waals surface area contributed by atoms with Gasteiger partial charge in [0, 0.05) is 17.8 Å². The SMILES string of the molecule is CCC(N)CCc1cc2cc(C)ccc2o1. The van der Waals surface area contributed by atoms with Crippen LogP contribution in [0.1, 0.15) is 31.1 Å². The Kier molecular flexibility index (Phi) is 3.30. The van der Waals surface area contributed by atoms with Crippen LogP contribution in [0.4, 0.5) is 0 Å². The van der Waals surface area contributed by atoms with Gasteiger partial charge in [0.1, 0.15) is 11.3 Å². The summed E-state index contributed by atoms with van der Waals surface area (Å²) in [5.74, 6) is 1.05. The Bertz CT molecular complexity index is 473. The molecule has 2 N–H and O–H groups in total. The zero-order chi connectivity index (χ0) is 11.5. The first-order valence-corrected chi connectivity index (χ1v) is 5.93. The highest BCUT2D eigenvalue weighted by molar-refractivity contribution is 5.78. The van der Waals surface area contributed by atoms with E-state index in [9.17, 15) is 0 Å². The lowest BCUT2D eigenvalue weighted by Gasteiger charge is -2.05. The summed E-state index contributed by atoms with van der Waals surface area (Å²) in [6, 6.07) is 8.68. The van der Waals surface area contributed by atoms with Gasteiger partial charge in [-0.1, -0.05) is 18.6 Å². The van der Waals surface area contributed by atoms with Crippen LogP contribution in [0.3, 0.4) is 0 Å². The second kappa shape index (κ2) is 4.71. The first-order chi connectivity index (χ1) is 7.69. The Morgan fingerprint density at radius 3 is 2.88 bits per heavy atom. The van der Waals surface area contributed by atoms with E-state index >= 15 is 0 Å². The molecule has 2 rings (SSSR count). The molecule has 0 aliphatic rings. The van der Waals surface area contributed by atoms with Crippen LogP contribution in [0.2, 0.25) is 0 Å². The summed E-state index contributed by atoms with van der Waals surface area (Å²) in [5.41, 5.74) is 8.14. The van der Waals surface area contributed by atoms with E-state index in [1.54, 1.807) is 0 Å². The molecule has 0 bridgehead atoms. The highest BCUT2D eigenvalue weighted by Gasteiger charge is 2.06. The molecule has 0 aliphatic heterocycles. The molecule has 1 aromatic heterocycles. The molecule has 0 radical (unpaired) electrons. The van der Waals surface area contributed by atoms with E-state index in [1.165, 1.54) is 10.9 Å². The van der Waals surface area contributed by atoms with E-state index in [0.717, 1.165) is 30.6 Å². The normalized spacial score (nSPS) is 13.2. The molecule has 86 valence electrons. The predicted octanol–water partition coefficient (Wildman–Crippen LogP) is 3.41. The van der Waals surface area contributed by atoms with Gasteiger partial charge in [-0.25, -0.2) is 0 Å². The third-order valence-corrected chi connectivity index (χ3v) is 3.01. The Hall–Kier alpha value is -1.28. The smallest absolute Gasteiger partial charge is 0.134 e. The molecule has 16 heavy (non-hydrogen) atoms. The minimum Gasteiger partial charge on any atom is -0.461 e. The molecule has 0 amide bonds. The first-order valence-electron chi connectivity index (χ1n) is 5.93. The molecule has 1 aromatic carbocycles. The molecule has 0 aliphatic carbocycles. The molecule has 1 heterocycles. The summed E-state index contributed by atoms with van der Waals surface area (Å²) in [4.78, 5) is 0. The molecule has 0 saturated carbocycles. The lowest BCUT2D eigenvalue weighted by Crippen LogP contribution is -2.18. The number of aryl methyl sites for hydroxylation is 2. The summed E-state index contributed by atoms with van der Waals surface area (Å²) >= 11 is 0. The highest BCUT2D eigenvalue weighted by atomic mass is 16.3. The van der Waals surface area contributed by atoms with E-state index in [-0.39, 0.29) is 6.04 Å². The second-order valence-corrected chi connectivity index (χ2v) is 4.46. The molecule has 2 heteroatoms. The highest BCUT2D eigenvalue weighted by Crippen LogP contribution is 2.21. The van der Waals surface area contributed by atoms with Gasteiger partial charge >= 0.3 is 0 Å². The molecular weight excluding hydrogens is 198 g/mol. The van der Waals surface area contributed by atoms with Crippen molar-refractivity contribution in [3.05, 3.63) is 35.6 Å². The predicted molar refractivity (Wildman–Crippen MR) is 67.5 cm³/mol. The number of furan rings is 1. The van der Waals surface area contributed by atoms with Crippen molar-refractivity contribution in [2.45, 2.75) is 39.2 Å². The van der Waals surface area contributed by atoms with Crippen LogP contribution >= 0.6 is 0 Å². The van der Waals surface area contributed by atoms with Crippen molar-refractivity contribution >= 4 is 11.0 Å². The van der Waals surface area contributed by atoms with Gasteiger partial charge in [0.05, 0.1) is 0 Å². The van der Waals surface area contributed by atoms with E-state index in [1.807, 2.05) is 6.07 Å². The number of hydrogen-bond donors (Lipinski definition) is 1. The van der Waals surface area contributed by atoms with Crippen molar-refractivity contribution in [3.8, 4) is 0 Å². The lowest BCUT2D eigenvalue weighted by molar-refractivity contribution is 0.507. The van der Waals surface area contributed by atoms with Gasteiger partial charge in [0.25, 0.3) is 0 Å². The maximum absolute atomic E-state index is 5.90. The van der Waals surface area contributed by atoms with E-state index in [0.29, 0.717) is 0 Å². The van der Waals surface area contributed by atoms with E-state index < -0.39 is 0 Å². The molecule has 0 saturated heterocycles. The standard InChI is InChI=1S/C14H19NO/c1-3-12(15)5-6-13-9-11-8-10(2)4-7-14(11)16-13/h4,7-9,12H,3,5-6,15H2,1-2H3. The monoisotopic (exact) mass is 217 g/mol. The van der Waals surface area contributed by atoms with Crippen molar-refractivity contribution in [3.63, 3.8) is 0 Å². The quantitative estimate of drug-likeness (QED) is 0.852. The van der Waals surface area contributed by atoms with Gasteiger partial charge in [-0.2, -0.15) is 0 Å². The van der Waals surface area contributed by atoms with E-state index in [4.69, 9.17) is 10.2 Å². The van der Waals surface area contributed by atoms with Crippen molar-refractivity contribution < 1.29 is 4.42 Å². The van der Waals surface area contributed by atoms with Gasteiger partial charge in [-0.15, -0.1) is 0 Å². The van der Waals surface area contributed by atoms with Crippen molar-refractivity contribution in [1.82, 2.24) is 0 Å². The van der Waals surface area contributed by atoms with Crippen LogP contribution < -0.4 is 5.73 Å². The fourth-order valence-corrected chi connectivity index (χ4v) is 1.87. The van der Waals surface area contributed by atoms with Gasteiger partial charge < -0.3 is 10.2 Å². The second-order valence-electron chi connectivity index (χ2n) is 4.46. The van der Waals surface area contributed by atoms with Gasteiger partial charge in [0.2, 0.25) is 0 Å². The summed E-state index contributed by atoms with van der Waals surface area (Å²) in [7, 11) is 0. The van der Waals surface area contributed by atoms with Crippen molar-refractivity contribution in [1.29, 1.82) is 0 Å². The number of benzene rings is 1. The molecule has 0 spiro atoms. The summed E-state index contributed by atoms with van der Waals surface area (Å²) in [5, 5.41) is 1.19. The molecule has 2 aromatic rings. The fraction of sp³-hybridized carbons (Fsp3) is 0.429. The van der Waals surface area contributed by atoms with Crippen LogP contribution in [0.25, 0.3) is 11.0 Å². The summed E-state index contributed by atoms with van der Waals surface area (Å²) in [6.45, 7) is 4.21. The third-order valence-electron chi connectivity index (χ3n) is 3.01. The summed E-state index contributed by atoms with van der Waals surface area (Å²) in [6.07, 6.45) is 2.96. The fourth-order valence-electron chi connectivity index (χ4n) is 1.87. The maximum Gasteiger partial charge on any atom is 0.134 e. The minimum atomic E-state index is 0.287. The van der Waals surface area contributed by atoms with Gasteiger partial charge in [0.15, 0.2) is 0 Å². The molecule has 2 nitrogen and oxygen atoms in total. The van der Waals surface area contributed by atoms with Crippen LogP contribution in [0.15, 0.2) is 28.7 Å². The Morgan fingerprint density at radius 1 is 1.31 bits per heavy atom. The van der Waals surface area contributed by atoms with E-state index in [2.05, 4.69) is 32.0 Å². The third kappa shape index (κ3) is 2.45. The average molecular weight is 217 g/mol. The van der Waals surface area contributed by atoms with Crippen molar-refractivity contribution in [2.24, 2.45) is 5.73 Å². The van der Waals surface area contributed by atoms with Crippen molar-refractivity contribution in [2.75, 3.05) is 0 Å². The van der Waals surface area contributed by atoms with Gasteiger partial charge in [-0.05, 0) is 38.0 Å². The first kappa shape index (κ1) is 11.2. The zero-order valence-corrected chi connectivity index (χ0v) is 9.99. The molecular formula is C14H19NO. The molecule has 1 atom stereocenters. The van der Waals surface area contributed by atoms with Crippen LogP contribution in [-0.2, 0) is 6.42 Å². The largest absolute Gasteiger partial charge is 0.461 e. The number of fused-ring (bicyclic) bond motifs is 1. The Labute approximate surface area is 96.4 Å². The minimum absolute atomic E-state index is 0.287. The number of nitrogens with two attached hydrogens (primary N) is 1. The average Bonchev–Trinajstić information content (AvgIpc) is 2.67. The Balaban J connectivity index is 2.13. The van der Waals surface area contributed by atoms with Crippen LogP contribution in [-0.4, -0.2) is 6.04 Å². The Morgan fingerprint density at radius 2 is 2.12 bits per heavy atom.